The zero-order valence-electron chi connectivity index (χ0n) is 18.5. The van der Waals surface area contributed by atoms with E-state index >= 15 is 0 Å². The van der Waals surface area contributed by atoms with Gasteiger partial charge in [-0.3, -0.25) is 9.52 Å². The number of amides is 1. The molecule has 3 rings (SSSR count). The summed E-state index contributed by atoms with van der Waals surface area (Å²) in [4.78, 5) is 12.7. The van der Waals surface area contributed by atoms with Gasteiger partial charge in [0.05, 0.1) is 30.4 Å². The minimum atomic E-state index is -4.06. The van der Waals surface area contributed by atoms with Crippen LogP contribution in [0.25, 0.3) is 0 Å². The number of carbonyl (C=O) groups excluding carboxylic acids is 1. The normalized spacial score (nSPS) is 11.1. The van der Waals surface area contributed by atoms with Gasteiger partial charge in [-0.1, -0.05) is 24.3 Å². The summed E-state index contributed by atoms with van der Waals surface area (Å²) in [5, 5.41) is 2.51. The topological polar surface area (TPSA) is 103 Å². The summed E-state index contributed by atoms with van der Waals surface area (Å²) >= 11 is 0. The van der Waals surface area contributed by atoms with Crippen LogP contribution in [0.1, 0.15) is 15.9 Å². The Morgan fingerprint density at radius 3 is 2.29 bits per heavy atom. The van der Waals surface area contributed by atoms with E-state index in [-0.39, 0.29) is 27.6 Å². The third kappa shape index (κ3) is 5.54. The Bertz CT molecular complexity index is 1300. The number of alkyl halides is 2. The van der Waals surface area contributed by atoms with Gasteiger partial charge in [0, 0.05) is 5.69 Å². The van der Waals surface area contributed by atoms with E-state index in [0.29, 0.717) is 11.3 Å². The first-order valence-corrected chi connectivity index (χ1v) is 11.3. The van der Waals surface area contributed by atoms with Crippen molar-refractivity contribution in [2.24, 2.45) is 0 Å². The maximum atomic E-state index is 13.1. The van der Waals surface area contributed by atoms with Crippen LogP contribution in [0.15, 0.2) is 65.6 Å². The fraction of sp³-hybridized carbons (Fsp3) is 0.174. The first kappa shape index (κ1) is 24.8. The predicted molar refractivity (Wildman–Crippen MR) is 123 cm³/mol. The van der Waals surface area contributed by atoms with Crippen LogP contribution in [0.3, 0.4) is 0 Å². The summed E-state index contributed by atoms with van der Waals surface area (Å²) in [5.41, 5.74) is 0.575. The predicted octanol–water partition coefficient (Wildman–Crippen LogP) is 4.67. The van der Waals surface area contributed by atoms with E-state index in [2.05, 4.69) is 14.8 Å². The van der Waals surface area contributed by atoms with Gasteiger partial charge in [-0.15, -0.1) is 0 Å². The van der Waals surface area contributed by atoms with Crippen LogP contribution in [0, 0.1) is 6.92 Å². The van der Waals surface area contributed by atoms with Crippen LogP contribution in [0.5, 0.6) is 17.2 Å². The first-order valence-electron chi connectivity index (χ1n) is 9.86. The summed E-state index contributed by atoms with van der Waals surface area (Å²) in [6.07, 6.45) is 0. The molecule has 0 spiro atoms. The highest BCUT2D eigenvalue weighted by Gasteiger charge is 2.23. The summed E-state index contributed by atoms with van der Waals surface area (Å²) in [5.74, 6) is -0.950. The van der Waals surface area contributed by atoms with Crippen molar-refractivity contribution in [2.45, 2.75) is 18.4 Å². The number of hydrogen-bond donors (Lipinski definition) is 2. The lowest BCUT2D eigenvalue weighted by molar-refractivity contribution is -0.0515. The Morgan fingerprint density at radius 2 is 1.62 bits per heavy atom. The Kier molecular flexibility index (Phi) is 7.57. The molecule has 2 N–H and O–H groups in total. The van der Waals surface area contributed by atoms with Crippen LogP contribution in [-0.4, -0.2) is 35.2 Å². The van der Waals surface area contributed by atoms with Crippen molar-refractivity contribution in [1.82, 2.24) is 0 Å². The van der Waals surface area contributed by atoms with Crippen molar-refractivity contribution in [1.29, 1.82) is 0 Å². The van der Waals surface area contributed by atoms with Crippen molar-refractivity contribution in [3.05, 3.63) is 71.8 Å². The maximum absolute atomic E-state index is 13.1. The van der Waals surface area contributed by atoms with E-state index < -0.39 is 28.3 Å². The van der Waals surface area contributed by atoms with Crippen molar-refractivity contribution in [3.8, 4) is 17.2 Å². The molecule has 0 radical (unpaired) electrons. The van der Waals surface area contributed by atoms with Crippen molar-refractivity contribution < 1.29 is 36.2 Å². The van der Waals surface area contributed by atoms with Crippen LogP contribution in [0.2, 0.25) is 0 Å². The highest BCUT2D eigenvalue weighted by Crippen LogP contribution is 2.33. The molecule has 0 aromatic heterocycles. The molecule has 0 aliphatic heterocycles. The van der Waals surface area contributed by atoms with Gasteiger partial charge in [0.1, 0.15) is 5.75 Å². The van der Waals surface area contributed by atoms with E-state index in [9.17, 15) is 22.0 Å². The largest absolute Gasteiger partial charge is 0.495 e. The van der Waals surface area contributed by atoms with Gasteiger partial charge in [-0.05, 0) is 48.9 Å². The molecule has 0 fully saturated rings. The zero-order chi connectivity index (χ0) is 24.9. The molecule has 180 valence electrons. The molecule has 0 aliphatic carbocycles. The molecular formula is C23H22F2N2O6S. The second-order valence-electron chi connectivity index (χ2n) is 6.96. The number of rotatable bonds is 9. The van der Waals surface area contributed by atoms with Crippen LogP contribution >= 0.6 is 0 Å². The highest BCUT2D eigenvalue weighted by atomic mass is 32.2. The molecule has 0 saturated carbocycles. The number of ether oxygens (including phenoxy) is 3. The Balaban J connectivity index is 1.92. The molecule has 0 atom stereocenters. The third-order valence-electron chi connectivity index (χ3n) is 4.74. The quantitative estimate of drug-likeness (QED) is 0.450. The standard InChI is InChI=1S/C23H22F2N2O6S/c1-14-11-12-15(13-20(14)34(29,30)27-17-8-4-5-9-18(17)31-2)26-22(28)16-7-6-10-19(32-3)21(16)33-23(24)25/h4-13,23,27H,1-3H3,(H,26,28). The fourth-order valence-electron chi connectivity index (χ4n) is 3.16. The number of halogens is 2. The molecule has 0 bridgehead atoms. The summed E-state index contributed by atoms with van der Waals surface area (Å²) < 4.78 is 69.0. The van der Waals surface area contributed by atoms with Gasteiger partial charge in [0.25, 0.3) is 15.9 Å². The fourth-order valence-corrected chi connectivity index (χ4v) is 4.50. The van der Waals surface area contributed by atoms with E-state index in [1.165, 1.54) is 50.6 Å². The molecule has 3 aromatic rings. The molecular weight excluding hydrogens is 470 g/mol. The number of carbonyl (C=O) groups is 1. The van der Waals surface area contributed by atoms with Gasteiger partial charge in [0.15, 0.2) is 11.5 Å². The second kappa shape index (κ2) is 10.4. The zero-order valence-corrected chi connectivity index (χ0v) is 19.3. The van der Waals surface area contributed by atoms with Crippen molar-refractivity contribution in [3.63, 3.8) is 0 Å². The van der Waals surface area contributed by atoms with Gasteiger partial charge in [-0.2, -0.15) is 8.78 Å². The monoisotopic (exact) mass is 492 g/mol. The molecule has 0 aliphatic rings. The summed E-state index contributed by atoms with van der Waals surface area (Å²) in [6, 6.07) is 14.9. The lowest BCUT2D eigenvalue weighted by Gasteiger charge is -2.16. The average molecular weight is 493 g/mol. The lowest BCUT2D eigenvalue weighted by Crippen LogP contribution is -2.17. The molecule has 0 saturated heterocycles. The van der Waals surface area contributed by atoms with E-state index in [1.54, 1.807) is 31.2 Å². The molecule has 11 heteroatoms. The number of nitrogens with one attached hydrogen (secondary N) is 2. The molecule has 3 aromatic carbocycles. The molecule has 8 nitrogen and oxygen atoms in total. The lowest BCUT2D eigenvalue weighted by atomic mass is 10.1. The third-order valence-corrected chi connectivity index (χ3v) is 6.24. The van der Waals surface area contributed by atoms with Gasteiger partial charge < -0.3 is 19.5 Å². The second-order valence-corrected chi connectivity index (χ2v) is 8.61. The highest BCUT2D eigenvalue weighted by molar-refractivity contribution is 7.92. The van der Waals surface area contributed by atoms with Crippen molar-refractivity contribution >= 4 is 27.3 Å². The SMILES string of the molecule is COc1ccccc1NS(=O)(=O)c1cc(NC(=O)c2cccc(OC)c2OC(F)F)ccc1C. The summed E-state index contributed by atoms with van der Waals surface area (Å²) in [6.45, 7) is -1.58. The van der Waals surface area contributed by atoms with Crippen molar-refractivity contribution in [2.75, 3.05) is 24.3 Å². The number of hydrogen-bond acceptors (Lipinski definition) is 6. The Labute approximate surface area is 195 Å². The molecule has 34 heavy (non-hydrogen) atoms. The number of anilines is 2. The van der Waals surface area contributed by atoms with Gasteiger partial charge >= 0.3 is 6.61 Å². The smallest absolute Gasteiger partial charge is 0.387 e. The van der Waals surface area contributed by atoms with Gasteiger partial charge in [0.2, 0.25) is 0 Å². The number of sulfonamides is 1. The van der Waals surface area contributed by atoms with Crippen LogP contribution < -0.4 is 24.2 Å². The maximum Gasteiger partial charge on any atom is 0.387 e. The first-order chi connectivity index (χ1) is 16.2. The average Bonchev–Trinajstić information content (AvgIpc) is 2.80. The van der Waals surface area contributed by atoms with Crippen LogP contribution in [-0.2, 0) is 10.0 Å². The van der Waals surface area contributed by atoms with E-state index in [4.69, 9.17) is 9.47 Å². The minimum Gasteiger partial charge on any atom is -0.495 e. The number of aryl methyl sites for hydroxylation is 1. The van der Waals surface area contributed by atoms with E-state index in [0.717, 1.165) is 0 Å². The Morgan fingerprint density at radius 1 is 0.941 bits per heavy atom. The molecule has 0 heterocycles. The molecule has 1 amide bonds. The van der Waals surface area contributed by atoms with Crippen LogP contribution in [0.4, 0.5) is 20.2 Å². The summed E-state index contributed by atoms with van der Waals surface area (Å²) in [7, 11) is -1.39. The minimum absolute atomic E-state index is 0.0545. The number of methoxy groups -OCH3 is 2. The molecule has 0 unspecified atom stereocenters. The Hall–Kier alpha value is -3.86. The van der Waals surface area contributed by atoms with Gasteiger partial charge in [-0.25, -0.2) is 8.42 Å². The van der Waals surface area contributed by atoms with E-state index in [1.807, 2.05) is 0 Å². The number of para-hydroxylation sites is 3. The number of benzene rings is 3.